The third-order valence-corrected chi connectivity index (χ3v) is 3.76. The van der Waals surface area contributed by atoms with Crippen LogP contribution >= 0.6 is 15.9 Å². The van der Waals surface area contributed by atoms with E-state index in [2.05, 4.69) is 44.6 Å². The van der Waals surface area contributed by atoms with Crippen molar-refractivity contribution in [1.29, 1.82) is 0 Å². The van der Waals surface area contributed by atoms with Crippen molar-refractivity contribution in [2.45, 2.75) is 19.4 Å². The number of rotatable bonds is 4. The molecule has 0 aliphatic rings. The second-order valence-electron chi connectivity index (χ2n) is 3.92. The molecule has 15 heavy (non-hydrogen) atoms. The van der Waals surface area contributed by atoms with Crippen LogP contribution in [-0.2, 0) is 0 Å². The van der Waals surface area contributed by atoms with Crippen LogP contribution in [0, 0.1) is 0 Å². The van der Waals surface area contributed by atoms with Gasteiger partial charge < -0.3 is 9.64 Å². The molecule has 1 rings (SSSR count). The largest absolute Gasteiger partial charge is 0.480 e. The monoisotopic (exact) mass is 273 g/mol. The van der Waals surface area contributed by atoms with Crippen molar-refractivity contribution >= 4 is 21.7 Å². The van der Waals surface area contributed by atoms with Crippen molar-refractivity contribution in [1.82, 2.24) is 9.97 Å². The molecule has 0 spiro atoms. The van der Waals surface area contributed by atoms with Crippen molar-refractivity contribution < 1.29 is 4.74 Å². The molecule has 84 valence electrons. The Bertz CT molecular complexity index is 330. The van der Waals surface area contributed by atoms with Gasteiger partial charge in [-0.05, 0) is 13.8 Å². The Morgan fingerprint density at radius 3 is 2.67 bits per heavy atom. The van der Waals surface area contributed by atoms with Crippen LogP contribution in [-0.4, -0.2) is 35.0 Å². The fourth-order valence-corrected chi connectivity index (χ4v) is 1.37. The highest BCUT2D eigenvalue weighted by Gasteiger charge is 2.23. The number of halogens is 1. The predicted octanol–water partition coefficient (Wildman–Crippen LogP) is 2.09. The molecule has 0 atom stereocenters. The topological polar surface area (TPSA) is 38.2 Å². The highest BCUT2D eigenvalue weighted by atomic mass is 79.9. The molecule has 0 bridgehead atoms. The minimum absolute atomic E-state index is 0.0129. The zero-order valence-electron chi connectivity index (χ0n) is 9.49. The Morgan fingerprint density at radius 2 is 2.13 bits per heavy atom. The lowest BCUT2D eigenvalue weighted by Gasteiger charge is -2.34. The first-order chi connectivity index (χ1) is 7.01. The van der Waals surface area contributed by atoms with E-state index in [1.54, 1.807) is 19.5 Å². The summed E-state index contributed by atoms with van der Waals surface area (Å²) in [4.78, 5) is 10.5. The predicted molar refractivity (Wildman–Crippen MR) is 64.9 cm³/mol. The first kappa shape index (κ1) is 12.2. The van der Waals surface area contributed by atoms with Gasteiger partial charge in [-0.1, -0.05) is 15.9 Å². The summed E-state index contributed by atoms with van der Waals surface area (Å²) in [6, 6.07) is 0. The molecular weight excluding hydrogens is 258 g/mol. The van der Waals surface area contributed by atoms with Gasteiger partial charge in [0.15, 0.2) is 5.82 Å². The summed E-state index contributed by atoms with van der Waals surface area (Å²) in [7, 11) is 3.58. The Balaban J connectivity index is 2.95. The van der Waals surface area contributed by atoms with E-state index in [1.807, 2.05) is 7.05 Å². The van der Waals surface area contributed by atoms with Crippen molar-refractivity contribution in [3.63, 3.8) is 0 Å². The Hall–Kier alpha value is -0.840. The van der Waals surface area contributed by atoms with Crippen LogP contribution in [0.2, 0.25) is 0 Å². The van der Waals surface area contributed by atoms with Gasteiger partial charge in [-0.2, -0.15) is 4.98 Å². The van der Waals surface area contributed by atoms with Gasteiger partial charge in [-0.25, -0.2) is 0 Å². The number of alkyl halides is 1. The third kappa shape index (κ3) is 2.81. The van der Waals surface area contributed by atoms with Gasteiger partial charge in [0, 0.05) is 17.9 Å². The first-order valence-electron chi connectivity index (χ1n) is 4.67. The van der Waals surface area contributed by atoms with Crippen molar-refractivity contribution in [2.24, 2.45) is 0 Å². The van der Waals surface area contributed by atoms with Gasteiger partial charge in [-0.3, -0.25) is 4.98 Å². The summed E-state index contributed by atoms with van der Waals surface area (Å²) in [5.41, 5.74) is -0.0129. The van der Waals surface area contributed by atoms with E-state index in [1.165, 1.54) is 0 Å². The maximum absolute atomic E-state index is 5.04. The normalized spacial score (nSPS) is 11.3. The minimum atomic E-state index is -0.0129. The smallest absolute Gasteiger partial charge is 0.233 e. The summed E-state index contributed by atoms with van der Waals surface area (Å²) in [6.45, 7) is 4.26. The third-order valence-electron chi connectivity index (χ3n) is 2.39. The molecule has 0 saturated heterocycles. The molecule has 0 aromatic carbocycles. The number of hydrogen-bond donors (Lipinski definition) is 0. The molecule has 0 N–H and O–H groups in total. The maximum atomic E-state index is 5.04. The van der Waals surface area contributed by atoms with Gasteiger partial charge in [-0.15, -0.1) is 0 Å². The number of hydrogen-bond acceptors (Lipinski definition) is 4. The average Bonchev–Trinajstić information content (AvgIpc) is 2.28. The van der Waals surface area contributed by atoms with Gasteiger partial charge >= 0.3 is 0 Å². The first-order valence-corrected chi connectivity index (χ1v) is 5.79. The quantitative estimate of drug-likeness (QED) is 0.788. The van der Waals surface area contributed by atoms with Crippen LogP contribution < -0.4 is 9.64 Å². The molecule has 0 amide bonds. The Morgan fingerprint density at radius 1 is 1.47 bits per heavy atom. The van der Waals surface area contributed by atoms with Crippen LogP contribution in [0.1, 0.15) is 13.8 Å². The molecule has 0 aliphatic carbocycles. The number of anilines is 1. The molecule has 1 aromatic rings. The van der Waals surface area contributed by atoms with Crippen LogP contribution in [0.25, 0.3) is 0 Å². The van der Waals surface area contributed by atoms with E-state index >= 15 is 0 Å². The Kier molecular flexibility index (Phi) is 3.90. The van der Waals surface area contributed by atoms with E-state index in [9.17, 15) is 0 Å². The number of methoxy groups -OCH3 is 1. The molecule has 4 nitrogen and oxygen atoms in total. The standard InChI is InChI=1S/C10H16BrN3O/c1-10(2,7-11)14(3)8-5-12-6-9(13-8)15-4/h5-6H,7H2,1-4H3. The lowest BCUT2D eigenvalue weighted by atomic mass is 10.1. The van der Waals surface area contributed by atoms with Gasteiger partial charge in [0.1, 0.15) is 0 Å². The van der Waals surface area contributed by atoms with E-state index in [-0.39, 0.29) is 5.54 Å². The molecule has 0 aliphatic heterocycles. The number of ether oxygens (including phenoxy) is 1. The fraction of sp³-hybridized carbons (Fsp3) is 0.600. The molecule has 0 fully saturated rings. The van der Waals surface area contributed by atoms with Gasteiger partial charge in [0.2, 0.25) is 5.88 Å². The fourth-order valence-electron chi connectivity index (χ4n) is 0.998. The maximum Gasteiger partial charge on any atom is 0.233 e. The van der Waals surface area contributed by atoms with Crippen LogP contribution in [0.5, 0.6) is 5.88 Å². The lowest BCUT2D eigenvalue weighted by molar-refractivity contribution is 0.394. The minimum Gasteiger partial charge on any atom is -0.480 e. The summed E-state index contributed by atoms with van der Waals surface area (Å²) in [6.07, 6.45) is 3.32. The molecular formula is C10H16BrN3O. The number of aromatic nitrogens is 2. The highest BCUT2D eigenvalue weighted by molar-refractivity contribution is 9.09. The molecule has 1 heterocycles. The molecule has 1 aromatic heterocycles. The van der Waals surface area contributed by atoms with Crippen LogP contribution in [0.4, 0.5) is 5.82 Å². The van der Waals surface area contributed by atoms with E-state index in [4.69, 9.17) is 4.74 Å². The summed E-state index contributed by atoms with van der Waals surface area (Å²) < 4.78 is 5.04. The summed E-state index contributed by atoms with van der Waals surface area (Å²) in [5.74, 6) is 1.34. The van der Waals surface area contributed by atoms with E-state index in [0.29, 0.717) is 5.88 Å². The molecule has 0 unspecified atom stereocenters. The zero-order chi connectivity index (χ0) is 11.5. The van der Waals surface area contributed by atoms with Crippen molar-refractivity contribution in [3.05, 3.63) is 12.4 Å². The highest BCUT2D eigenvalue weighted by Crippen LogP contribution is 2.22. The lowest BCUT2D eigenvalue weighted by Crippen LogP contribution is -2.43. The van der Waals surface area contributed by atoms with Crippen molar-refractivity contribution in [3.8, 4) is 5.88 Å². The second kappa shape index (κ2) is 4.79. The summed E-state index contributed by atoms with van der Waals surface area (Å²) >= 11 is 3.48. The molecule has 0 radical (unpaired) electrons. The average molecular weight is 274 g/mol. The molecule has 0 saturated carbocycles. The zero-order valence-corrected chi connectivity index (χ0v) is 11.1. The SMILES string of the molecule is COc1cncc(N(C)C(C)(C)CBr)n1. The Labute approximate surface area is 98.8 Å². The number of nitrogens with zero attached hydrogens (tertiary/aromatic N) is 3. The molecule has 5 heteroatoms. The van der Waals surface area contributed by atoms with Crippen molar-refractivity contribution in [2.75, 3.05) is 24.4 Å². The van der Waals surface area contributed by atoms with E-state index < -0.39 is 0 Å². The van der Waals surface area contributed by atoms with Crippen LogP contribution in [0.15, 0.2) is 12.4 Å². The van der Waals surface area contributed by atoms with E-state index in [0.717, 1.165) is 11.1 Å². The second-order valence-corrected chi connectivity index (χ2v) is 4.49. The van der Waals surface area contributed by atoms with Crippen LogP contribution in [0.3, 0.4) is 0 Å². The van der Waals surface area contributed by atoms with Gasteiger partial charge in [0.05, 0.1) is 19.5 Å². The summed E-state index contributed by atoms with van der Waals surface area (Å²) in [5, 5.41) is 0.857. The van der Waals surface area contributed by atoms with Gasteiger partial charge in [0.25, 0.3) is 0 Å².